The standard InChI is InChI=1S/C13H12N6O2/c14-12-10-11(7-1-2-7)17-18(13(10)16-15-12)8-3-5-9(6-4-8)19(20)21/h3-7H,1-2H2,(H3,14,15,16). The lowest BCUT2D eigenvalue weighted by atomic mass is 10.2. The third-order valence-electron chi connectivity index (χ3n) is 3.71. The first kappa shape index (κ1) is 11.9. The van der Waals surface area contributed by atoms with Gasteiger partial charge in [-0.25, -0.2) is 4.68 Å². The zero-order chi connectivity index (χ0) is 14.6. The van der Waals surface area contributed by atoms with Crippen LogP contribution < -0.4 is 5.73 Å². The summed E-state index contributed by atoms with van der Waals surface area (Å²) in [6.45, 7) is 0. The fraction of sp³-hybridized carbons (Fsp3) is 0.231. The molecule has 0 aliphatic heterocycles. The van der Waals surface area contributed by atoms with Gasteiger partial charge < -0.3 is 5.73 Å². The smallest absolute Gasteiger partial charge is 0.269 e. The number of fused-ring (bicyclic) bond motifs is 1. The number of nitro groups is 1. The predicted molar refractivity (Wildman–Crippen MR) is 76.3 cm³/mol. The van der Waals surface area contributed by atoms with Crippen LogP contribution in [0.3, 0.4) is 0 Å². The molecule has 0 amide bonds. The van der Waals surface area contributed by atoms with E-state index >= 15 is 0 Å². The molecule has 1 aliphatic carbocycles. The molecule has 2 aromatic heterocycles. The van der Waals surface area contributed by atoms with Gasteiger partial charge in [0.05, 0.1) is 21.7 Å². The predicted octanol–water partition coefficient (Wildman–Crippen LogP) is 2.12. The van der Waals surface area contributed by atoms with Crippen LogP contribution in [0.5, 0.6) is 0 Å². The van der Waals surface area contributed by atoms with Gasteiger partial charge in [-0.2, -0.15) is 10.2 Å². The number of benzene rings is 1. The minimum Gasteiger partial charge on any atom is -0.383 e. The highest BCUT2D eigenvalue weighted by atomic mass is 16.6. The number of hydrogen-bond donors (Lipinski definition) is 2. The quantitative estimate of drug-likeness (QED) is 0.564. The molecule has 8 nitrogen and oxygen atoms in total. The number of nitrogens with zero attached hydrogens (tertiary/aromatic N) is 4. The molecule has 106 valence electrons. The first-order chi connectivity index (χ1) is 10.1. The fourth-order valence-electron chi connectivity index (χ4n) is 2.49. The number of rotatable bonds is 3. The number of anilines is 1. The zero-order valence-corrected chi connectivity index (χ0v) is 11.0. The van der Waals surface area contributed by atoms with E-state index in [2.05, 4.69) is 15.3 Å². The van der Waals surface area contributed by atoms with E-state index in [1.165, 1.54) is 12.1 Å². The summed E-state index contributed by atoms with van der Waals surface area (Å²) in [5.41, 5.74) is 8.32. The second-order valence-corrected chi connectivity index (χ2v) is 5.18. The van der Waals surface area contributed by atoms with E-state index in [1.54, 1.807) is 16.8 Å². The molecule has 0 spiro atoms. The minimum atomic E-state index is -0.426. The lowest BCUT2D eigenvalue weighted by Gasteiger charge is -2.01. The normalized spacial score (nSPS) is 14.7. The van der Waals surface area contributed by atoms with Crippen molar-refractivity contribution < 1.29 is 4.92 Å². The van der Waals surface area contributed by atoms with Crippen LogP contribution in [0.4, 0.5) is 11.5 Å². The Hall–Kier alpha value is -2.90. The van der Waals surface area contributed by atoms with Gasteiger partial charge in [-0.1, -0.05) is 0 Å². The average Bonchev–Trinajstić information content (AvgIpc) is 3.15. The van der Waals surface area contributed by atoms with E-state index in [-0.39, 0.29) is 5.69 Å². The molecule has 1 aliphatic rings. The molecular weight excluding hydrogens is 272 g/mol. The van der Waals surface area contributed by atoms with Crippen LogP contribution in [0.25, 0.3) is 16.7 Å². The summed E-state index contributed by atoms with van der Waals surface area (Å²) in [6, 6.07) is 6.23. The number of nitrogens with two attached hydrogens (primary N) is 1. The summed E-state index contributed by atoms with van der Waals surface area (Å²) in [4.78, 5) is 10.3. The van der Waals surface area contributed by atoms with Crippen molar-refractivity contribution in [2.24, 2.45) is 0 Å². The van der Waals surface area contributed by atoms with E-state index in [0.717, 1.165) is 29.6 Å². The zero-order valence-electron chi connectivity index (χ0n) is 11.0. The van der Waals surface area contributed by atoms with Gasteiger partial charge in [0.1, 0.15) is 5.82 Å². The average molecular weight is 284 g/mol. The topological polar surface area (TPSA) is 116 Å². The minimum absolute atomic E-state index is 0.0473. The second kappa shape index (κ2) is 4.05. The first-order valence-corrected chi connectivity index (χ1v) is 6.62. The van der Waals surface area contributed by atoms with Gasteiger partial charge >= 0.3 is 0 Å². The Labute approximate surface area is 118 Å². The Balaban J connectivity index is 1.88. The Morgan fingerprint density at radius 3 is 2.67 bits per heavy atom. The van der Waals surface area contributed by atoms with E-state index in [9.17, 15) is 10.1 Å². The summed E-state index contributed by atoms with van der Waals surface area (Å²) in [6.07, 6.45) is 2.22. The Bertz CT molecular complexity index is 844. The monoisotopic (exact) mass is 284 g/mol. The second-order valence-electron chi connectivity index (χ2n) is 5.18. The fourth-order valence-corrected chi connectivity index (χ4v) is 2.49. The molecule has 0 radical (unpaired) electrons. The molecule has 4 rings (SSSR count). The van der Waals surface area contributed by atoms with Crippen molar-refractivity contribution in [2.75, 3.05) is 5.73 Å². The molecule has 1 fully saturated rings. The summed E-state index contributed by atoms with van der Waals surface area (Å²) < 4.78 is 1.68. The van der Waals surface area contributed by atoms with Gasteiger partial charge in [-0.15, -0.1) is 0 Å². The SMILES string of the molecule is Nc1[nH]nc2c1c(C1CC1)nn2-c1ccc([N+](=O)[O-])cc1. The van der Waals surface area contributed by atoms with Crippen LogP contribution in [0.15, 0.2) is 24.3 Å². The molecule has 21 heavy (non-hydrogen) atoms. The van der Waals surface area contributed by atoms with Crippen LogP contribution in [-0.4, -0.2) is 24.9 Å². The first-order valence-electron chi connectivity index (χ1n) is 6.62. The number of H-pyrrole nitrogens is 1. The van der Waals surface area contributed by atoms with Crippen molar-refractivity contribution in [3.8, 4) is 5.69 Å². The summed E-state index contributed by atoms with van der Waals surface area (Å²) in [5.74, 6) is 0.951. The van der Waals surface area contributed by atoms with Crippen LogP contribution in [0.2, 0.25) is 0 Å². The molecular formula is C13H12N6O2. The highest BCUT2D eigenvalue weighted by molar-refractivity contribution is 5.90. The Kier molecular flexibility index (Phi) is 2.29. The molecule has 0 unspecified atom stereocenters. The molecule has 0 bridgehead atoms. The lowest BCUT2D eigenvalue weighted by Crippen LogP contribution is -1.99. The van der Waals surface area contributed by atoms with Crippen LogP contribution in [-0.2, 0) is 0 Å². The van der Waals surface area contributed by atoms with Crippen molar-refractivity contribution in [2.45, 2.75) is 18.8 Å². The van der Waals surface area contributed by atoms with Crippen LogP contribution in [0.1, 0.15) is 24.5 Å². The highest BCUT2D eigenvalue weighted by Gasteiger charge is 2.31. The molecule has 0 atom stereocenters. The van der Waals surface area contributed by atoms with Crippen LogP contribution >= 0.6 is 0 Å². The Morgan fingerprint density at radius 1 is 1.33 bits per heavy atom. The number of non-ortho nitro benzene ring substituents is 1. The molecule has 1 saturated carbocycles. The maximum Gasteiger partial charge on any atom is 0.269 e. The number of aromatic nitrogens is 4. The van der Waals surface area contributed by atoms with E-state index < -0.39 is 4.92 Å². The summed E-state index contributed by atoms with van der Waals surface area (Å²) in [5, 5.41) is 23.2. The number of nitrogen functional groups attached to an aromatic ring is 1. The lowest BCUT2D eigenvalue weighted by molar-refractivity contribution is -0.384. The largest absolute Gasteiger partial charge is 0.383 e. The van der Waals surface area contributed by atoms with Crippen molar-refractivity contribution in [1.82, 2.24) is 20.0 Å². The molecule has 1 aromatic carbocycles. The maximum absolute atomic E-state index is 10.7. The van der Waals surface area contributed by atoms with Gasteiger partial charge in [0.15, 0.2) is 5.65 Å². The van der Waals surface area contributed by atoms with Crippen LogP contribution in [0, 0.1) is 10.1 Å². The summed E-state index contributed by atoms with van der Waals surface area (Å²) >= 11 is 0. The maximum atomic E-state index is 10.7. The highest BCUT2D eigenvalue weighted by Crippen LogP contribution is 2.43. The third-order valence-corrected chi connectivity index (χ3v) is 3.71. The van der Waals surface area contributed by atoms with Gasteiger partial charge in [-0.3, -0.25) is 15.2 Å². The molecule has 8 heteroatoms. The third kappa shape index (κ3) is 1.76. The number of aromatic amines is 1. The number of nitro benzene ring substituents is 1. The van der Waals surface area contributed by atoms with Gasteiger partial charge in [0.2, 0.25) is 0 Å². The van der Waals surface area contributed by atoms with E-state index in [1.807, 2.05) is 0 Å². The molecule has 3 aromatic rings. The van der Waals surface area contributed by atoms with Gasteiger partial charge in [0.25, 0.3) is 5.69 Å². The van der Waals surface area contributed by atoms with Crippen molar-refractivity contribution in [3.05, 3.63) is 40.1 Å². The summed E-state index contributed by atoms with van der Waals surface area (Å²) in [7, 11) is 0. The van der Waals surface area contributed by atoms with Gasteiger partial charge in [0, 0.05) is 18.1 Å². The number of hydrogen-bond acceptors (Lipinski definition) is 5. The van der Waals surface area contributed by atoms with Crippen molar-refractivity contribution >= 4 is 22.5 Å². The van der Waals surface area contributed by atoms with E-state index in [4.69, 9.17) is 5.73 Å². The molecule has 0 saturated heterocycles. The van der Waals surface area contributed by atoms with Crippen molar-refractivity contribution in [3.63, 3.8) is 0 Å². The van der Waals surface area contributed by atoms with Crippen molar-refractivity contribution in [1.29, 1.82) is 0 Å². The molecule has 3 N–H and O–H groups in total. The van der Waals surface area contributed by atoms with E-state index in [0.29, 0.717) is 17.4 Å². The Morgan fingerprint density at radius 2 is 2.05 bits per heavy atom. The molecule has 2 heterocycles. The van der Waals surface area contributed by atoms with Gasteiger partial charge in [-0.05, 0) is 25.0 Å². The number of nitrogens with one attached hydrogen (secondary N) is 1.